The van der Waals surface area contributed by atoms with Crippen LogP contribution in [0.4, 0.5) is 0 Å². The third-order valence-corrected chi connectivity index (χ3v) is 6.17. The van der Waals surface area contributed by atoms with E-state index in [0.717, 1.165) is 17.3 Å². The van der Waals surface area contributed by atoms with Gasteiger partial charge in [-0.1, -0.05) is 53.5 Å². The van der Waals surface area contributed by atoms with E-state index in [-0.39, 0.29) is 10.1 Å². The Balaban J connectivity index is 1.56. The number of hydrogen-bond donors (Lipinski definition) is 2. The molecule has 0 radical (unpaired) electrons. The summed E-state index contributed by atoms with van der Waals surface area (Å²) in [5.41, 5.74) is 2.16. The van der Waals surface area contributed by atoms with E-state index >= 15 is 0 Å². The highest BCUT2D eigenvalue weighted by Crippen LogP contribution is 2.33. The van der Waals surface area contributed by atoms with Crippen LogP contribution in [0.3, 0.4) is 0 Å². The van der Waals surface area contributed by atoms with Gasteiger partial charge in [-0.05, 0) is 59.8 Å². The van der Waals surface area contributed by atoms with Gasteiger partial charge in [0.05, 0.1) is 12.7 Å². The summed E-state index contributed by atoms with van der Waals surface area (Å²) in [5.74, 6) is 0.390. The van der Waals surface area contributed by atoms with Crippen LogP contribution in [0.2, 0.25) is 10.0 Å². The molecule has 10 heteroatoms. The Kier molecular flexibility index (Phi) is 7.97. The lowest BCUT2D eigenvalue weighted by molar-refractivity contribution is -0.131. The number of thioether (sulfide) groups is 1. The van der Waals surface area contributed by atoms with Gasteiger partial charge < -0.3 is 14.6 Å². The maximum Gasteiger partial charge on any atom is 0.342 e. The average molecular weight is 528 g/mol. The maximum atomic E-state index is 12.0. The average Bonchev–Trinajstić information content (AvgIpc) is 3.32. The Morgan fingerprint density at radius 1 is 1.06 bits per heavy atom. The van der Waals surface area contributed by atoms with Gasteiger partial charge in [-0.25, -0.2) is 9.78 Å². The van der Waals surface area contributed by atoms with E-state index < -0.39 is 5.97 Å². The number of carboxylic acid groups (broad SMARTS) is 1. The summed E-state index contributed by atoms with van der Waals surface area (Å²) in [7, 11) is 1.54. The third kappa shape index (κ3) is 6.36. The summed E-state index contributed by atoms with van der Waals surface area (Å²) in [4.78, 5) is 16.4. The Hall–Kier alpha value is -3.46. The maximum absolute atomic E-state index is 12.0. The number of aliphatic carboxylic acids is 1. The molecule has 0 atom stereocenters. The second kappa shape index (κ2) is 11.3. The van der Waals surface area contributed by atoms with Crippen molar-refractivity contribution in [1.82, 2.24) is 15.2 Å². The Labute approximate surface area is 215 Å². The number of nitrogens with zero attached hydrogens (tertiary/aromatic N) is 2. The molecular formula is C25H19Cl2N3O4S. The van der Waals surface area contributed by atoms with Crippen LogP contribution in [-0.4, -0.2) is 33.4 Å². The van der Waals surface area contributed by atoms with Crippen LogP contribution in [0.1, 0.15) is 11.1 Å². The summed E-state index contributed by atoms with van der Waals surface area (Å²) >= 11 is 13.0. The van der Waals surface area contributed by atoms with E-state index in [2.05, 4.69) is 15.2 Å². The van der Waals surface area contributed by atoms with Crippen LogP contribution in [-0.2, 0) is 11.4 Å². The summed E-state index contributed by atoms with van der Waals surface area (Å²) in [6.07, 6.45) is 1.53. The number of H-pyrrole nitrogens is 1. The van der Waals surface area contributed by atoms with E-state index in [9.17, 15) is 9.90 Å². The minimum absolute atomic E-state index is 0.0242. The van der Waals surface area contributed by atoms with Crippen LogP contribution in [0, 0.1) is 0 Å². The van der Waals surface area contributed by atoms with Gasteiger partial charge in [0.1, 0.15) is 23.0 Å². The predicted molar refractivity (Wildman–Crippen MR) is 137 cm³/mol. The number of halogens is 2. The molecule has 3 aromatic carbocycles. The highest BCUT2D eigenvalue weighted by Gasteiger charge is 2.17. The highest BCUT2D eigenvalue weighted by atomic mass is 35.5. The van der Waals surface area contributed by atoms with Crippen molar-refractivity contribution in [2.45, 2.75) is 11.8 Å². The van der Waals surface area contributed by atoms with E-state index in [4.69, 9.17) is 32.7 Å². The number of para-hydroxylation sites is 1. The minimum Gasteiger partial charge on any atom is -0.496 e. The molecule has 0 aliphatic rings. The lowest BCUT2D eigenvalue weighted by Crippen LogP contribution is -1.99. The number of carboxylic acids is 1. The van der Waals surface area contributed by atoms with Crippen LogP contribution in [0.5, 0.6) is 11.5 Å². The van der Waals surface area contributed by atoms with Crippen LogP contribution >= 0.6 is 35.0 Å². The van der Waals surface area contributed by atoms with Gasteiger partial charge in [-0.15, -0.1) is 5.10 Å². The fourth-order valence-electron chi connectivity index (χ4n) is 3.13. The quantitative estimate of drug-likeness (QED) is 0.187. The summed E-state index contributed by atoms with van der Waals surface area (Å²) in [6, 6.07) is 19.6. The molecule has 0 bridgehead atoms. The van der Waals surface area contributed by atoms with E-state index in [1.165, 1.54) is 13.2 Å². The first kappa shape index (κ1) is 24.7. The number of hydrogen-bond acceptors (Lipinski definition) is 6. The van der Waals surface area contributed by atoms with Crippen LogP contribution in [0.25, 0.3) is 17.5 Å². The normalized spacial score (nSPS) is 11.3. The number of carbonyl (C=O) groups is 1. The molecule has 7 nitrogen and oxygen atoms in total. The second-order valence-electron chi connectivity index (χ2n) is 7.18. The summed E-state index contributed by atoms with van der Waals surface area (Å²) in [5, 5.41) is 18.2. The predicted octanol–water partition coefficient (Wildman–Crippen LogP) is 6.58. The van der Waals surface area contributed by atoms with Crippen LogP contribution in [0.15, 0.2) is 76.8 Å². The molecule has 0 spiro atoms. The molecule has 0 amide bonds. The number of aromatic amines is 1. The number of benzene rings is 3. The van der Waals surface area contributed by atoms with Crippen molar-refractivity contribution < 1.29 is 19.4 Å². The minimum atomic E-state index is -1.12. The van der Waals surface area contributed by atoms with Crippen molar-refractivity contribution in [2.24, 2.45) is 0 Å². The lowest BCUT2D eigenvalue weighted by atomic mass is 10.2. The third-order valence-electron chi connectivity index (χ3n) is 4.81. The topological polar surface area (TPSA) is 97.3 Å². The van der Waals surface area contributed by atoms with Gasteiger partial charge in [-0.3, -0.25) is 5.10 Å². The highest BCUT2D eigenvalue weighted by molar-refractivity contribution is 8.04. The van der Waals surface area contributed by atoms with Gasteiger partial charge in [0.2, 0.25) is 5.16 Å². The number of aromatic nitrogens is 3. The lowest BCUT2D eigenvalue weighted by Gasteiger charge is -2.10. The summed E-state index contributed by atoms with van der Waals surface area (Å²) in [6.45, 7) is 0.309. The first-order valence-electron chi connectivity index (χ1n) is 10.3. The SMILES string of the molecule is COc1ccc(Cl)cc1-c1nc(S/C(=C\c2ccccc2OCc2ccc(Cl)cc2)C(=O)O)n[nH]1. The molecule has 1 aromatic heterocycles. The first-order valence-corrected chi connectivity index (χ1v) is 11.9. The van der Waals surface area contributed by atoms with Gasteiger partial charge in [0, 0.05) is 15.6 Å². The first-order chi connectivity index (χ1) is 16.9. The van der Waals surface area contributed by atoms with Gasteiger partial charge >= 0.3 is 5.97 Å². The molecule has 0 saturated heterocycles. The Morgan fingerprint density at radius 3 is 2.54 bits per heavy atom. The molecule has 1 heterocycles. The van der Waals surface area contributed by atoms with Crippen molar-refractivity contribution in [2.75, 3.05) is 7.11 Å². The molecule has 0 aliphatic heterocycles. The van der Waals surface area contributed by atoms with Gasteiger partial charge in [0.15, 0.2) is 5.82 Å². The molecule has 2 N–H and O–H groups in total. The van der Waals surface area contributed by atoms with Crippen molar-refractivity contribution in [3.05, 3.63) is 92.8 Å². The zero-order valence-corrected chi connectivity index (χ0v) is 20.7. The molecule has 35 heavy (non-hydrogen) atoms. The molecule has 178 valence electrons. The van der Waals surface area contributed by atoms with E-state index in [1.54, 1.807) is 48.5 Å². The standard InChI is InChI=1S/C25H19Cl2N3O4S/c1-33-21-11-10-18(27)13-19(21)23-28-25(30-29-23)35-22(24(31)32)12-16-4-2-3-5-20(16)34-14-15-6-8-17(26)9-7-15/h2-13H,14H2,1H3,(H,31,32)(H,28,29,30)/b22-12-. The number of methoxy groups -OCH3 is 1. The van der Waals surface area contributed by atoms with Gasteiger partial charge in [-0.2, -0.15) is 0 Å². The number of rotatable bonds is 9. The van der Waals surface area contributed by atoms with Crippen molar-refractivity contribution >= 4 is 47.0 Å². The molecule has 0 unspecified atom stereocenters. The second-order valence-corrected chi connectivity index (χ2v) is 9.06. The van der Waals surface area contributed by atoms with Gasteiger partial charge in [0.25, 0.3) is 0 Å². The van der Waals surface area contributed by atoms with E-state index in [1.807, 2.05) is 18.2 Å². The molecule has 4 rings (SSSR count). The number of ether oxygens (including phenoxy) is 2. The zero-order valence-electron chi connectivity index (χ0n) is 18.4. The zero-order chi connectivity index (χ0) is 24.8. The fraction of sp³-hybridized carbons (Fsp3) is 0.0800. The Morgan fingerprint density at radius 2 is 1.80 bits per heavy atom. The van der Waals surface area contributed by atoms with Crippen molar-refractivity contribution in [3.63, 3.8) is 0 Å². The van der Waals surface area contributed by atoms with E-state index in [0.29, 0.717) is 45.1 Å². The van der Waals surface area contributed by atoms with Crippen molar-refractivity contribution in [3.8, 4) is 22.9 Å². The summed E-state index contributed by atoms with van der Waals surface area (Å²) < 4.78 is 11.3. The molecule has 0 fully saturated rings. The molecule has 0 aliphatic carbocycles. The van der Waals surface area contributed by atoms with Crippen LogP contribution < -0.4 is 9.47 Å². The smallest absolute Gasteiger partial charge is 0.342 e. The fourth-order valence-corrected chi connectivity index (χ4v) is 4.12. The molecule has 0 saturated carbocycles. The molecule has 4 aromatic rings. The number of nitrogens with one attached hydrogen (secondary N) is 1. The largest absolute Gasteiger partial charge is 0.496 e. The molecular weight excluding hydrogens is 509 g/mol. The van der Waals surface area contributed by atoms with Crippen molar-refractivity contribution in [1.29, 1.82) is 0 Å². The Bertz CT molecular complexity index is 1370. The monoisotopic (exact) mass is 527 g/mol.